The van der Waals surface area contributed by atoms with Gasteiger partial charge in [-0.3, -0.25) is 14.4 Å². The minimum atomic E-state index is -0.790. The molecule has 0 amide bonds. The first-order valence-corrected chi connectivity index (χ1v) is 22.9. The van der Waals surface area contributed by atoms with Gasteiger partial charge in [0.25, 0.3) is 0 Å². The lowest BCUT2D eigenvalue weighted by Gasteiger charge is -2.18. The highest BCUT2D eigenvalue weighted by Gasteiger charge is 2.19. The molecule has 0 bridgehead atoms. The summed E-state index contributed by atoms with van der Waals surface area (Å²) >= 11 is 0. The smallest absolute Gasteiger partial charge is 0.306 e. The van der Waals surface area contributed by atoms with E-state index >= 15 is 0 Å². The van der Waals surface area contributed by atoms with Gasteiger partial charge in [0.05, 0.1) is 0 Å². The predicted molar refractivity (Wildman–Crippen MR) is 238 cm³/mol. The maximum Gasteiger partial charge on any atom is 0.306 e. The quantitative estimate of drug-likeness (QED) is 0.0267. The standard InChI is InChI=1S/C50H84O6/c1-4-7-10-13-16-19-21-23-24-25-26-28-29-31-34-37-40-43-49(52)55-46-47(45-54-48(51)42-39-36-33-18-15-12-9-6-3)56-50(53)44-41-38-35-32-30-27-22-20-17-14-11-8-5-2/h7-8,10-11,16-17,19-20,23-24,27,30,47H,4-6,9,12-15,18,21-22,25-26,28-29,31-46H2,1-3H3/b10-7-,11-8-,19-16-,20-17-,24-23-,30-27-. The fraction of sp³-hybridized carbons (Fsp3) is 0.700. The van der Waals surface area contributed by atoms with Crippen LogP contribution in [0.15, 0.2) is 72.9 Å². The number of ether oxygens (including phenoxy) is 3. The van der Waals surface area contributed by atoms with Crippen molar-refractivity contribution in [2.24, 2.45) is 0 Å². The van der Waals surface area contributed by atoms with E-state index in [0.29, 0.717) is 19.3 Å². The van der Waals surface area contributed by atoms with Crippen molar-refractivity contribution >= 4 is 17.9 Å². The van der Waals surface area contributed by atoms with Gasteiger partial charge in [-0.2, -0.15) is 0 Å². The topological polar surface area (TPSA) is 78.9 Å². The Morgan fingerprint density at radius 1 is 0.375 bits per heavy atom. The zero-order valence-corrected chi connectivity index (χ0v) is 36.4. The molecule has 0 aliphatic carbocycles. The van der Waals surface area contributed by atoms with Gasteiger partial charge in [-0.25, -0.2) is 0 Å². The normalized spacial score (nSPS) is 12.7. The Hall–Kier alpha value is -3.15. The maximum atomic E-state index is 12.7. The summed E-state index contributed by atoms with van der Waals surface area (Å²) in [5, 5.41) is 0. The molecule has 0 aliphatic rings. The Morgan fingerprint density at radius 2 is 0.696 bits per heavy atom. The highest BCUT2D eigenvalue weighted by Crippen LogP contribution is 2.13. The Bertz CT molecular complexity index is 1080. The van der Waals surface area contributed by atoms with Crippen molar-refractivity contribution in [2.45, 2.75) is 213 Å². The molecule has 6 heteroatoms. The van der Waals surface area contributed by atoms with E-state index in [1.807, 2.05) is 0 Å². The van der Waals surface area contributed by atoms with E-state index in [2.05, 4.69) is 93.7 Å². The van der Waals surface area contributed by atoms with Crippen LogP contribution in [0.2, 0.25) is 0 Å². The Labute approximate surface area is 344 Å². The van der Waals surface area contributed by atoms with Crippen LogP contribution >= 0.6 is 0 Å². The predicted octanol–water partition coefficient (Wildman–Crippen LogP) is 14.7. The first-order valence-electron chi connectivity index (χ1n) is 22.9. The second-order valence-electron chi connectivity index (χ2n) is 14.9. The number of unbranched alkanes of at least 4 members (excludes halogenated alkanes) is 17. The molecule has 0 saturated carbocycles. The first kappa shape index (κ1) is 52.9. The van der Waals surface area contributed by atoms with Crippen LogP contribution in [0, 0.1) is 0 Å². The number of carbonyl (C=O) groups is 3. The molecule has 1 atom stereocenters. The third-order valence-electron chi connectivity index (χ3n) is 9.46. The maximum absolute atomic E-state index is 12.7. The van der Waals surface area contributed by atoms with Gasteiger partial charge in [-0.1, -0.05) is 177 Å². The van der Waals surface area contributed by atoms with E-state index in [1.165, 1.54) is 57.8 Å². The molecule has 0 radical (unpaired) electrons. The van der Waals surface area contributed by atoms with Gasteiger partial charge in [0.2, 0.25) is 0 Å². The van der Waals surface area contributed by atoms with E-state index in [9.17, 15) is 14.4 Å². The molecule has 0 heterocycles. The average molecular weight is 781 g/mol. The summed E-state index contributed by atoms with van der Waals surface area (Å²) in [5.41, 5.74) is 0. The lowest BCUT2D eigenvalue weighted by atomic mass is 10.1. The molecule has 0 saturated heterocycles. The molecule has 0 fully saturated rings. The molecule has 0 spiro atoms. The molecule has 0 aliphatic heterocycles. The highest BCUT2D eigenvalue weighted by molar-refractivity contribution is 5.71. The van der Waals surface area contributed by atoms with Crippen molar-refractivity contribution in [1.29, 1.82) is 0 Å². The van der Waals surface area contributed by atoms with Crippen LogP contribution in [0.5, 0.6) is 0 Å². The summed E-state index contributed by atoms with van der Waals surface area (Å²) in [6.07, 6.45) is 54.6. The monoisotopic (exact) mass is 781 g/mol. The van der Waals surface area contributed by atoms with Crippen LogP contribution in [0.1, 0.15) is 207 Å². The second-order valence-corrected chi connectivity index (χ2v) is 14.9. The first-order chi connectivity index (χ1) is 27.5. The molecular formula is C50H84O6. The number of carbonyl (C=O) groups excluding carboxylic acids is 3. The molecule has 0 rings (SSSR count). The van der Waals surface area contributed by atoms with Gasteiger partial charge in [-0.15, -0.1) is 0 Å². The van der Waals surface area contributed by atoms with Crippen LogP contribution in [-0.4, -0.2) is 37.2 Å². The minimum absolute atomic E-state index is 0.0905. The number of esters is 3. The lowest BCUT2D eigenvalue weighted by Crippen LogP contribution is -2.30. The summed E-state index contributed by atoms with van der Waals surface area (Å²) in [4.78, 5) is 37.7. The number of hydrogen-bond donors (Lipinski definition) is 0. The van der Waals surface area contributed by atoms with Crippen molar-refractivity contribution in [2.75, 3.05) is 13.2 Å². The molecule has 6 nitrogen and oxygen atoms in total. The van der Waals surface area contributed by atoms with Gasteiger partial charge in [0, 0.05) is 19.3 Å². The molecular weight excluding hydrogens is 697 g/mol. The molecule has 56 heavy (non-hydrogen) atoms. The summed E-state index contributed by atoms with van der Waals surface area (Å²) in [6, 6.07) is 0. The minimum Gasteiger partial charge on any atom is -0.462 e. The molecule has 0 N–H and O–H groups in total. The average Bonchev–Trinajstić information content (AvgIpc) is 3.19. The van der Waals surface area contributed by atoms with Crippen molar-refractivity contribution in [3.05, 3.63) is 72.9 Å². The van der Waals surface area contributed by atoms with Crippen LogP contribution in [-0.2, 0) is 28.6 Å². The van der Waals surface area contributed by atoms with Crippen LogP contribution < -0.4 is 0 Å². The zero-order chi connectivity index (χ0) is 40.8. The van der Waals surface area contributed by atoms with Crippen molar-refractivity contribution < 1.29 is 28.6 Å². The Balaban J connectivity index is 4.38. The van der Waals surface area contributed by atoms with E-state index < -0.39 is 6.10 Å². The highest BCUT2D eigenvalue weighted by atomic mass is 16.6. The Kier molecular flexibility index (Phi) is 42.1. The van der Waals surface area contributed by atoms with Gasteiger partial charge in [0.15, 0.2) is 6.10 Å². The second kappa shape index (κ2) is 44.6. The number of hydrogen-bond acceptors (Lipinski definition) is 6. The van der Waals surface area contributed by atoms with E-state index in [4.69, 9.17) is 14.2 Å². The molecule has 1 unspecified atom stereocenters. The van der Waals surface area contributed by atoms with Crippen LogP contribution in [0.3, 0.4) is 0 Å². The SMILES string of the molecule is CC/C=C\C/C=C\C/C=C\CCCCCCCCCC(=O)OCC(COC(=O)CCCCCCCCCC)OC(=O)CCCCC/C=C\C/C=C\C/C=C\CC. The lowest BCUT2D eigenvalue weighted by molar-refractivity contribution is -0.167. The molecule has 0 aromatic rings. The van der Waals surface area contributed by atoms with E-state index in [0.717, 1.165) is 109 Å². The van der Waals surface area contributed by atoms with Crippen molar-refractivity contribution in [3.8, 4) is 0 Å². The largest absolute Gasteiger partial charge is 0.462 e. The Morgan fingerprint density at radius 3 is 1.11 bits per heavy atom. The third kappa shape index (κ3) is 42.0. The summed E-state index contributed by atoms with van der Waals surface area (Å²) < 4.78 is 16.6. The van der Waals surface area contributed by atoms with Crippen LogP contribution in [0.4, 0.5) is 0 Å². The third-order valence-corrected chi connectivity index (χ3v) is 9.46. The summed E-state index contributed by atoms with van der Waals surface area (Å²) in [7, 11) is 0. The molecule has 0 aromatic carbocycles. The number of allylic oxidation sites excluding steroid dienone is 12. The fourth-order valence-electron chi connectivity index (χ4n) is 6.06. The van der Waals surface area contributed by atoms with Crippen molar-refractivity contribution in [1.82, 2.24) is 0 Å². The number of rotatable bonds is 40. The molecule has 0 aromatic heterocycles. The summed E-state index contributed by atoms with van der Waals surface area (Å²) in [5.74, 6) is -0.940. The molecule has 320 valence electrons. The summed E-state index contributed by atoms with van der Waals surface area (Å²) in [6.45, 7) is 6.33. The van der Waals surface area contributed by atoms with Gasteiger partial charge >= 0.3 is 17.9 Å². The fourth-order valence-corrected chi connectivity index (χ4v) is 6.06. The van der Waals surface area contributed by atoms with Gasteiger partial charge < -0.3 is 14.2 Å². The zero-order valence-electron chi connectivity index (χ0n) is 36.4. The van der Waals surface area contributed by atoms with Gasteiger partial charge in [0.1, 0.15) is 13.2 Å². The van der Waals surface area contributed by atoms with Crippen LogP contribution in [0.25, 0.3) is 0 Å². The van der Waals surface area contributed by atoms with E-state index in [1.54, 1.807) is 0 Å². The van der Waals surface area contributed by atoms with Gasteiger partial charge in [-0.05, 0) is 83.5 Å². The van der Waals surface area contributed by atoms with E-state index in [-0.39, 0.29) is 31.1 Å². The van der Waals surface area contributed by atoms with Crippen molar-refractivity contribution in [3.63, 3.8) is 0 Å².